The van der Waals surface area contributed by atoms with E-state index in [1.807, 2.05) is 0 Å². The van der Waals surface area contributed by atoms with E-state index in [1.54, 1.807) is 0 Å². The number of halogens is 1. The fraction of sp³-hybridized carbons (Fsp3) is 0.571. The molecule has 0 unspecified atom stereocenters. The fourth-order valence-corrected chi connectivity index (χ4v) is 4.17. The third kappa shape index (κ3) is 1.90. The third-order valence-electron chi connectivity index (χ3n) is 4.29. The van der Waals surface area contributed by atoms with Crippen LogP contribution in [0.15, 0.2) is 30.3 Å². The van der Waals surface area contributed by atoms with Crippen molar-refractivity contribution in [3.8, 4) is 0 Å². The number of nitrogens with zero attached hydrogens (tertiary/aromatic N) is 1. The number of benzene rings is 1. The summed E-state index contributed by atoms with van der Waals surface area (Å²) >= 11 is 2.57. The molecule has 1 aromatic rings. The maximum absolute atomic E-state index is 2.68. The summed E-state index contributed by atoms with van der Waals surface area (Å²) in [6.07, 6.45) is 4.31. The van der Waals surface area contributed by atoms with Crippen LogP contribution in [0.1, 0.15) is 24.8 Å². The zero-order valence-electron chi connectivity index (χ0n) is 9.53. The molecule has 3 aliphatic rings. The van der Waals surface area contributed by atoms with Crippen molar-refractivity contribution in [3.63, 3.8) is 0 Å². The second-order valence-corrected chi connectivity index (χ2v) is 6.16. The van der Waals surface area contributed by atoms with E-state index in [0.29, 0.717) is 0 Å². The molecule has 1 nitrogen and oxygen atoms in total. The van der Waals surface area contributed by atoms with E-state index in [1.165, 1.54) is 35.8 Å². The van der Waals surface area contributed by atoms with Crippen LogP contribution in [-0.4, -0.2) is 21.9 Å². The van der Waals surface area contributed by atoms with Crippen LogP contribution < -0.4 is 0 Å². The Balaban J connectivity index is 1.63. The number of piperidine rings is 2. The highest BCUT2D eigenvalue weighted by Crippen LogP contribution is 2.51. The van der Waals surface area contributed by atoms with Crippen molar-refractivity contribution in [2.24, 2.45) is 5.41 Å². The van der Waals surface area contributed by atoms with Crippen molar-refractivity contribution in [1.82, 2.24) is 4.90 Å². The normalized spacial score (nSPS) is 33.4. The summed E-state index contributed by atoms with van der Waals surface area (Å²) in [5.74, 6) is 0. The van der Waals surface area contributed by atoms with Crippen molar-refractivity contribution in [2.45, 2.75) is 31.8 Å². The molecule has 0 spiro atoms. The van der Waals surface area contributed by atoms with Gasteiger partial charge in [0.2, 0.25) is 0 Å². The number of alkyl halides is 1. The first-order valence-electron chi connectivity index (χ1n) is 6.15. The van der Waals surface area contributed by atoms with Crippen LogP contribution in [0.4, 0.5) is 0 Å². The van der Waals surface area contributed by atoms with E-state index in [0.717, 1.165) is 18.0 Å². The lowest BCUT2D eigenvalue weighted by Crippen LogP contribution is -2.58. The van der Waals surface area contributed by atoms with Gasteiger partial charge in [-0.1, -0.05) is 52.9 Å². The van der Waals surface area contributed by atoms with Gasteiger partial charge in [-0.05, 0) is 36.8 Å². The number of rotatable bonds is 3. The van der Waals surface area contributed by atoms with E-state index < -0.39 is 0 Å². The Morgan fingerprint density at radius 2 is 2.00 bits per heavy atom. The second-order valence-electron chi connectivity index (χ2n) is 5.40. The maximum atomic E-state index is 2.68. The van der Waals surface area contributed by atoms with E-state index in [9.17, 15) is 0 Å². The molecule has 4 rings (SSSR count). The third-order valence-corrected chi connectivity index (χ3v) is 5.91. The standard InChI is InChI=1S/C14H18IN/c15-11-14-6-7-16(13(8-14)9-14)10-12-4-2-1-3-5-12/h1-5,13H,6-11H2. The van der Waals surface area contributed by atoms with Gasteiger partial charge in [-0.15, -0.1) is 0 Å². The van der Waals surface area contributed by atoms with E-state index in [-0.39, 0.29) is 0 Å². The molecule has 0 radical (unpaired) electrons. The van der Waals surface area contributed by atoms with Gasteiger partial charge in [0, 0.05) is 17.0 Å². The van der Waals surface area contributed by atoms with Gasteiger partial charge in [0.05, 0.1) is 0 Å². The summed E-state index contributed by atoms with van der Waals surface area (Å²) in [7, 11) is 0. The molecule has 2 bridgehead atoms. The molecule has 1 aliphatic carbocycles. The zero-order valence-corrected chi connectivity index (χ0v) is 11.7. The molecule has 2 heterocycles. The molecule has 2 heteroatoms. The molecule has 0 N–H and O–H groups in total. The SMILES string of the molecule is ICC12CCN(Cc3ccccc3)C(C1)C2. The van der Waals surface area contributed by atoms with Crippen LogP contribution in [0, 0.1) is 5.41 Å². The predicted molar refractivity (Wildman–Crippen MR) is 75.8 cm³/mol. The maximum Gasteiger partial charge on any atom is 0.0236 e. The van der Waals surface area contributed by atoms with Crippen LogP contribution in [0.2, 0.25) is 0 Å². The molecule has 1 aromatic carbocycles. The van der Waals surface area contributed by atoms with Gasteiger partial charge in [0.25, 0.3) is 0 Å². The van der Waals surface area contributed by atoms with Crippen LogP contribution in [0.5, 0.6) is 0 Å². The average molecular weight is 327 g/mol. The van der Waals surface area contributed by atoms with Gasteiger partial charge >= 0.3 is 0 Å². The smallest absolute Gasteiger partial charge is 0.0236 e. The fourth-order valence-electron chi connectivity index (χ4n) is 3.17. The Morgan fingerprint density at radius 3 is 2.56 bits per heavy atom. The van der Waals surface area contributed by atoms with Crippen LogP contribution in [0.25, 0.3) is 0 Å². The first-order valence-corrected chi connectivity index (χ1v) is 7.68. The van der Waals surface area contributed by atoms with Crippen molar-refractivity contribution >= 4 is 22.6 Å². The summed E-state index contributed by atoms with van der Waals surface area (Å²) in [6.45, 7) is 2.46. The van der Waals surface area contributed by atoms with Crippen molar-refractivity contribution in [1.29, 1.82) is 0 Å². The van der Waals surface area contributed by atoms with Gasteiger partial charge < -0.3 is 0 Å². The van der Waals surface area contributed by atoms with Crippen LogP contribution >= 0.6 is 22.6 Å². The Kier molecular flexibility index (Phi) is 2.96. The van der Waals surface area contributed by atoms with Gasteiger partial charge in [-0.2, -0.15) is 0 Å². The Hall–Kier alpha value is -0.0900. The van der Waals surface area contributed by atoms with E-state index in [4.69, 9.17) is 0 Å². The monoisotopic (exact) mass is 327 g/mol. The molecule has 0 atom stereocenters. The van der Waals surface area contributed by atoms with Crippen LogP contribution in [-0.2, 0) is 6.54 Å². The zero-order chi connectivity index (χ0) is 11.0. The highest BCUT2D eigenvalue weighted by atomic mass is 127. The van der Waals surface area contributed by atoms with Crippen molar-refractivity contribution in [2.75, 3.05) is 11.0 Å². The summed E-state index contributed by atoms with van der Waals surface area (Å²) in [4.78, 5) is 2.68. The summed E-state index contributed by atoms with van der Waals surface area (Å²) < 4.78 is 1.36. The lowest BCUT2D eigenvalue weighted by Gasteiger charge is -2.57. The molecule has 1 saturated carbocycles. The topological polar surface area (TPSA) is 3.24 Å². The molecule has 0 aromatic heterocycles. The van der Waals surface area contributed by atoms with E-state index >= 15 is 0 Å². The molecule has 0 amide bonds. The minimum atomic E-state index is 0.735. The second kappa shape index (κ2) is 4.30. The largest absolute Gasteiger partial charge is 0.296 e. The number of hydrogen-bond donors (Lipinski definition) is 0. The highest BCUT2D eigenvalue weighted by Gasteiger charge is 2.49. The summed E-state index contributed by atoms with van der Waals surface area (Å²) in [5, 5.41) is 0. The van der Waals surface area contributed by atoms with Gasteiger partial charge in [0.15, 0.2) is 0 Å². The first kappa shape index (κ1) is 11.0. The Labute approximate surface area is 111 Å². The van der Waals surface area contributed by atoms with Crippen LogP contribution in [0.3, 0.4) is 0 Å². The lowest BCUT2D eigenvalue weighted by atomic mass is 9.61. The number of fused-ring (bicyclic) bond motifs is 2. The Bertz CT molecular complexity index is 351. The Morgan fingerprint density at radius 1 is 1.25 bits per heavy atom. The van der Waals surface area contributed by atoms with Crippen molar-refractivity contribution < 1.29 is 0 Å². The predicted octanol–water partition coefficient (Wildman–Crippen LogP) is 3.48. The summed E-state index contributed by atoms with van der Waals surface area (Å²) in [6, 6.07) is 11.8. The molecule has 86 valence electrons. The quantitative estimate of drug-likeness (QED) is 0.607. The van der Waals surface area contributed by atoms with Gasteiger partial charge in [0.1, 0.15) is 0 Å². The average Bonchev–Trinajstić information content (AvgIpc) is 2.30. The van der Waals surface area contributed by atoms with Gasteiger partial charge in [-0.25, -0.2) is 0 Å². The first-order chi connectivity index (χ1) is 7.81. The molecule has 2 saturated heterocycles. The van der Waals surface area contributed by atoms with Crippen molar-refractivity contribution in [3.05, 3.63) is 35.9 Å². The van der Waals surface area contributed by atoms with Gasteiger partial charge in [-0.3, -0.25) is 4.90 Å². The minimum Gasteiger partial charge on any atom is -0.296 e. The molecule has 3 fully saturated rings. The molecule has 16 heavy (non-hydrogen) atoms. The number of hydrogen-bond acceptors (Lipinski definition) is 1. The van der Waals surface area contributed by atoms with E-state index in [2.05, 4.69) is 57.8 Å². The molecular formula is C14H18IN. The summed E-state index contributed by atoms with van der Waals surface area (Å²) in [5.41, 5.74) is 2.20. The minimum absolute atomic E-state index is 0.735. The molecular weight excluding hydrogens is 309 g/mol. The highest BCUT2D eigenvalue weighted by molar-refractivity contribution is 14.1. The molecule has 2 aliphatic heterocycles. The lowest BCUT2D eigenvalue weighted by molar-refractivity contribution is -0.0517.